The fourth-order valence-electron chi connectivity index (χ4n) is 4.86. The summed E-state index contributed by atoms with van der Waals surface area (Å²) >= 11 is 0. The Labute approximate surface area is 186 Å². The molecule has 2 aliphatic carbocycles. The zero-order valence-electron chi connectivity index (χ0n) is 19.0. The SMILES string of the molecule is CCCO[C@H](C(=O)OC)[C@@H](CC1Cc2ccccc2C1)C(=O)NCCC1=CCCCC1. The van der Waals surface area contributed by atoms with Crippen LogP contribution in [0, 0.1) is 11.8 Å². The van der Waals surface area contributed by atoms with Crippen molar-refractivity contribution in [1.82, 2.24) is 5.32 Å². The molecule has 5 heteroatoms. The van der Waals surface area contributed by atoms with Crippen LogP contribution in [0.1, 0.15) is 63.0 Å². The summed E-state index contributed by atoms with van der Waals surface area (Å²) < 4.78 is 10.9. The summed E-state index contributed by atoms with van der Waals surface area (Å²) in [5, 5.41) is 3.09. The number of rotatable bonds is 11. The fourth-order valence-corrected chi connectivity index (χ4v) is 4.86. The van der Waals surface area contributed by atoms with E-state index in [1.165, 1.54) is 36.7 Å². The Morgan fingerprint density at radius 3 is 2.52 bits per heavy atom. The molecule has 0 bridgehead atoms. The van der Waals surface area contributed by atoms with E-state index in [4.69, 9.17) is 9.47 Å². The Balaban J connectivity index is 1.67. The number of amides is 1. The molecular weight excluding hydrogens is 390 g/mol. The number of ether oxygens (including phenoxy) is 2. The Kier molecular flexibility index (Phi) is 9.13. The Bertz CT molecular complexity index is 747. The molecule has 1 aromatic rings. The van der Waals surface area contributed by atoms with E-state index in [1.807, 2.05) is 6.92 Å². The van der Waals surface area contributed by atoms with Crippen molar-refractivity contribution in [3.05, 3.63) is 47.0 Å². The molecule has 31 heavy (non-hydrogen) atoms. The van der Waals surface area contributed by atoms with Crippen molar-refractivity contribution in [1.29, 1.82) is 0 Å². The highest BCUT2D eigenvalue weighted by molar-refractivity contribution is 5.86. The molecule has 2 atom stereocenters. The third-order valence-corrected chi connectivity index (χ3v) is 6.49. The predicted octanol–water partition coefficient (Wildman–Crippen LogP) is 4.38. The van der Waals surface area contributed by atoms with Crippen LogP contribution >= 0.6 is 0 Å². The van der Waals surface area contributed by atoms with E-state index in [9.17, 15) is 9.59 Å². The number of esters is 1. The number of carbonyl (C=O) groups excluding carboxylic acids is 2. The highest BCUT2D eigenvalue weighted by Gasteiger charge is 2.38. The predicted molar refractivity (Wildman–Crippen MR) is 122 cm³/mol. The summed E-state index contributed by atoms with van der Waals surface area (Å²) in [5.41, 5.74) is 4.13. The van der Waals surface area contributed by atoms with Gasteiger partial charge in [0.05, 0.1) is 13.0 Å². The van der Waals surface area contributed by atoms with E-state index in [0.29, 0.717) is 25.5 Å². The number of fused-ring (bicyclic) bond motifs is 1. The van der Waals surface area contributed by atoms with Crippen LogP contribution in [0.2, 0.25) is 0 Å². The molecule has 170 valence electrons. The molecule has 0 fully saturated rings. The monoisotopic (exact) mass is 427 g/mol. The van der Waals surface area contributed by atoms with Gasteiger partial charge in [-0.2, -0.15) is 0 Å². The van der Waals surface area contributed by atoms with E-state index in [-0.39, 0.29) is 5.91 Å². The van der Waals surface area contributed by atoms with Crippen molar-refractivity contribution < 1.29 is 19.1 Å². The quantitative estimate of drug-likeness (QED) is 0.420. The summed E-state index contributed by atoms with van der Waals surface area (Å²) in [6.07, 6.45) is 10.4. The lowest BCUT2D eigenvalue weighted by molar-refractivity contribution is -0.162. The molecule has 2 aliphatic rings. The second kappa shape index (κ2) is 12.0. The smallest absolute Gasteiger partial charge is 0.335 e. The van der Waals surface area contributed by atoms with E-state index in [2.05, 4.69) is 35.7 Å². The number of hydrogen-bond donors (Lipinski definition) is 1. The molecule has 0 aliphatic heterocycles. The van der Waals surface area contributed by atoms with Gasteiger partial charge in [-0.05, 0) is 74.8 Å². The van der Waals surface area contributed by atoms with Gasteiger partial charge in [0.2, 0.25) is 5.91 Å². The van der Waals surface area contributed by atoms with Crippen LogP contribution in [0.5, 0.6) is 0 Å². The lowest BCUT2D eigenvalue weighted by Crippen LogP contribution is -2.44. The Hall–Kier alpha value is -2.14. The van der Waals surface area contributed by atoms with Gasteiger partial charge in [0.15, 0.2) is 6.10 Å². The molecule has 1 aromatic carbocycles. The number of allylic oxidation sites excluding steroid dienone is 1. The highest BCUT2D eigenvalue weighted by atomic mass is 16.6. The second-order valence-electron chi connectivity index (χ2n) is 8.85. The summed E-state index contributed by atoms with van der Waals surface area (Å²) in [5.74, 6) is -0.775. The Morgan fingerprint density at radius 1 is 1.16 bits per heavy atom. The van der Waals surface area contributed by atoms with Gasteiger partial charge in [-0.1, -0.05) is 42.8 Å². The summed E-state index contributed by atoms with van der Waals surface area (Å²) in [6.45, 7) is 3.03. The molecule has 3 rings (SSSR count). The first kappa shape index (κ1) is 23.5. The molecule has 0 saturated carbocycles. The van der Waals surface area contributed by atoms with Gasteiger partial charge < -0.3 is 14.8 Å². The minimum Gasteiger partial charge on any atom is -0.467 e. The third kappa shape index (κ3) is 6.67. The van der Waals surface area contributed by atoms with Gasteiger partial charge in [0.25, 0.3) is 0 Å². The average molecular weight is 428 g/mol. The van der Waals surface area contributed by atoms with E-state index >= 15 is 0 Å². The third-order valence-electron chi connectivity index (χ3n) is 6.49. The lowest BCUT2D eigenvalue weighted by Gasteiger charge is -2.27. The highest BCUT2D eigenvalue weighted by Crippen LogP contribution is 2.32. The van der Waals surface area contributed by atoms with Crippen molar-refractivity contribution >= 4 is 11.9 Å². The maximum atomic E-state index is 13.3. The van der Waals surface area contributed by atoms with Crippen molar-refractivity contribution in [3.8, 4) is 0 Å². The first-order valence-corrected chi connectivity index (χ1v) is 11.8. The minimum atomic E-state index is -0.859. The van der Waals surface area contributed by atoms with Crippen LogP contribution in [-0.2, 0) is 31.9 Å². The van der Waals surface area contributed by atoms with Crippen molar-refractivity contribution in [3.63, 3.8) is 0 Å². The van der Waals surface area contributed by atoms with E-state index in [1.54, 1.807) is 0 Å². The van der Waals surface area contributed by atoms with Crippen molar-refractivity contribution in [2.45, 2.75) is 70.8 Å². The summed E-state index contributed by atoms with van der Waals surface area (Å²) in [7, 11) is 1.36. The maximum absolute atomic E-state index is 13.3. The van der Waals surface area contributed by atoms with Gasteiger partial charge >= 0.3 is 5.97 Å². The first-order chi connectivity index (χ1) is 15.1. The number of hydrogen-bond acceptors (Lipinski definition) is 4. The number of benzene rings is 1. The van der Waals surface area contributed by atoms with Gasteiger partial charge in [0.1, 0.15) is 0 Å². The van der Waals surface area contributed by atoms with E-state index < -0.39 is 18.0 Å². The Morgan fingerprint density at radius 2 is 1.90 bits per heavy atom. The lowest BCUT2D eigenvalue weighted by atomic mass is 9.87. The zero-order chi connectivity index (χ0) is 22.1. The van der Waals surface area contributed by atoms with Gasteiger partial charge in [-0.3, -0.25) is 4.79 Å². The summed E-state index contributed by atoms with van der Waals surface area (Å²) in [4.78, 5) is 25.8. The number of nitrogens with one attached hydrogen (secondary N) is 1. The zero-order valence-corrected chi connectivity index (χ0v) is 19.0. The van der Waals surface area contributed by atoms with Crippen LogP contribution in [-0.4, -0.2) is 38.2 Å². The average Bonchev–Trinajstić information content (AvgIpc) is 3.21. The van der Waals surface area contributed by atoms with E-state index in [0.717, 1.165) is 38.5 Å². The topological polar surface area (TPSA) is 64.6 Å². The van der Waals surface area contributed by atoms with Crippen LogP contribution < -0.4 is 5.32 Å². The van der Waals surface area contributed by atoms with Crippen LogP contribution in [0.25, 0.3) is 0 Å². The molecule has 0 aromatic heterocycles. The number of methoxy groups -OCH3 is 1. The molecule has 5 nitrogen and oxygen atoms in total. The van der Waals surface area contributed by atoms with Crippen LogP contribution in [0.3, 0.4) is 0 Å². The molecule has 0 heterocycles. The van der Waals surface area contributed by atoms with Crippen LogP contribution in [0.4, 0.5) is 0 Å². The number of carbonyl (C=O) groups is 2. The minimum absolute atomic E-state index is 0.0983. The molecular formula is C26H37NO4. The maximum Gasteiger partial charge on any atom is 0.335 e. The van der Waals surface area contributed by atoms with Crippen molar-refractivity contribution in [2.75, 3.05) is 20.3 Å². The largest absolute Gasteiger partial charge is 0.467 e. The molecule has 1 amide bonds. The standard InChI is InChI=1S/C26H37NO4/c1-3-15-31-24(26(29)30-2)23(18-20-16-21-11-7-8-12-22(21)17-20)25(28)27-14-13-19-9-5-4-6-10-19/h7-9,11-12,20,23-24H,3-6,10,13-18H2,1-2H3,(H,27,28)/t23-,24+/m1/s1. The molecule has 0 radical (unpaired) electrons. The first-order valence-electron chi connectivity index (χ1n) is 11.8. The van der Waals surface area contributed by atoms with Gasteiger partial charge in [-0.15, -0.1) is 0 Å². The molecule has 1 N–H and O–H groups in total. The van der Waals surface area contributed by atoms with Crippen LogP contribution in [0.15, 0.2) is 35.9 Å². The fraction of sp³-hybridized carbons (Fsp3) is 0.615. The van der Waals surface area contributed by atoms with Gasteiger partial charge in [-0.25, -0.2) is 4.79 Å². The van der Waals surface area contributed by atoms with Crippen molar-refractivity contribution in [2.24, 2.45) is 11.8 Å². The second-order valence-corrected chi connectivity index (χ2v) is 8.85. The molecule has 0 unspecified atom stereocenters. The normalized spacial score (nSPS) is 18.1. The molecule has 0 saturated heterocycles. The molecule has 0 spiro atoms. The summed E-state index contributed by atoms with van der Waals surface area (Å²) in [6, 6.07) is 8.45. The van der Waals surface area contributed by atoms with Gasteiger partial charge in [0, 0.05) is 13.2 Å².